The number of phenols is 5. The highest BCUT2D eigenvalue weighted by Crippen LogP contribution is 2.54. The van der Waals surface area contributed by atoms with E-state index < -0.39 is 96.7 Å². The van der Waals surface area contributed by atoms with Gasteiger partial charge >= 0.3 is 17.8 Å². The Bertz CT molecular complexity index is 1540. The van der Waals surface area contributed by atoms with Crippen molar-refractivity contribution >= 4 is 38.3 Å². The second-order valence-electron chi connectivity index (χ2n) is 9.18. The van der Waals surface area contributed by atoms with E-state index in [0.29, 0.717) is 13.1 Å². The Morgan fingerprint density at radius 1 is 0.951 bits per heavy atom. The smallest absolute Gasteiger partial charge is 0.453 e. The molecule has 17 nitrogen and oxygen atoms in total. The van der Waals surface area contributed by atoms with Gasteiger partial charge in [-0.3, -0.25) is 0 Å². The Hall–Kier alpha value is -3.85. The number of aromatic nitrogens is 2. The molecule has 1 aliphatic rings. The summed E-state index contributed by atoms with van der Waals surface area (Å²) in [6.07, 6.45) is -3.70. The lowest BCUT2D eigenvalue weighted by Crippen LogP contribution is -2.48. The van der Waals surface area contributed by atoms with Gasteiger partial charge in [0.2, 0.25) is 11.5 Å². The molecule has 2 aromatic carbocycles. The molecule has 1 aromatic heterocycles. The summed E-state index contributed by atoms with van der Waals surface area (Å²) in [6, 6.07) is 0. The van der Waals surface area contributed by atoms with Crippen LogP contribution in [0, 0.1) is 11.7 Å². The van der Waals surface area contributed by atoms with Crippen molar-refractivity contribution in [2.45, 2.75) is 25.0 Å². The number of anilines is 2. The first kappa shape index (κ1) is 30.1. The zero-order valence-electron chi connectivity index (χ0n) is 20.8. The Morgan fingerprint density at radius 2 is 1.54 bits per heavy atom. The zero-order valence-corrected chi connectivity index (χ0v) is 22.3. The van der Waals surface area contributed by atoms with Gasteiger partial charge in [-0.05, 0) is 48.9 Å². The molecule has 41 heavy (non-hydrogen) atoms. The number of hydrogen-bond donors (Lipinski definition) is 12. The Kier molecular flexibility index (Phi) is 7.73. The van der Waals surface area contributed by atoms with E-state index in [4.69, 9.17) is 4.74 Å². The van der Waals surface area contributed by atoms with E-state index in [1.165, 1.54) is 0 Å². The highest BCUT2D eigenvalue weighted by Gasteiger charge is 2.42. The largest absolute Gasteiger partial charge is 0.504 e. The minimum absolute atomic E-state index is 0.181. The van der Waals surface area contributed by atoms with Gasteiger partial charge in [-0.2, -0.15) is 4.98 Å². The van der Waals surface area contributed by atoms with Crippen molar-refractivity contribution in [1.82, 2.24) is 14.9 Å². The molecule has 1 aliphatic heterocycles. The number of rotatable bonds is 7. The van der Waals surface area contributed by atoms with E-state index in [9.17, 15) is 60.3 Å². The molecule has 0 amide bonds. The highest BCUT2D eigenvalue weighted by molar-refractivity contribution is 9.10. The third-order valence-corrected chi connectivity index (χ3v) is 7.08. The standard InChI is InChI=1S/C22H24BrFN4O13/c1-28-4-2-6(3-5-28)21(35,36)40-18-16(33)10-7(12(29)17(18)41-22(37,38)39)19(27-20(34)26-10)25-11-9(24)13(30)8(23)14(31)15(11)32/h6,29-33,35-39H,2-5H2,1H3,(H2,25,26,27,34). The number of nitrogens with one attached hydrogen (secondary N) is 2. The number of aromatic amines is 1. The van der Waals surface area contributed by atoms with Crippen LogP contribution in [0.2, 0.25) is 0 Å². The second-order valence-corrected chi connectivity index (χ2v) is 9.98. The highest BCUT2D eigenvalue weighted by atomic mass is 79.9. The summed E-state index contributed by atoms with van der Waals surface area (Å²) in [5.74, 6) is -15.0. The van der Waals surface area contributed by atoms with Gasteiger partial charge in [0.05, 0.1) is 11.3 Å². The number of fused-ring (bicyclic) bond motifs is 1. The lowest BCUT2D eigenvalue weighted by Gasteiger charge is -2.36. The predicted octanol–water partition coefficient (Wildman–Crippen LogP) is -0.578. The van der Waals surface area contributed by atoms with Gasteiger partial charge in [0.1, 0.15) is 21.5 Å². The summed E-state index contributed by atoms with van der Waals surface area (Å²) in [4.78, 5) is 19.7. The molecular formula is C22H24BrFN4O13. The van der Waals surface area contributed by atoms with Crippen molar-refractivity contribution in [2.75, 3.05) is 25.5 Å². The molecule has 12 N–H and O–H groups in total. The molecule has 3 aromatic rings. The summed E-state index contributed by atoms with van der Waals surface area (Å²) in [7, 11) is 1.79. The first-order valence-electron chi connectivity index (χ1n) is 11.5. The minimum Gasteiger partial charge on any atom is -0.504 e. The summed E-state index contributed by atoms with van der Waals surface area (Å²) in [5.41, 5.74) is -3.14. The molecule has 2 heterocycles. The van der Waals surface area contributed by atoms with Gasteiger partial charge in [0.25, 0.3) is 0 Å². The van der Waals surface area contributed by atoms with E-state index in [1.54, 1.807) is 7.05 Å². The molecule has 0 unspecified atom stereocenters. The molecule has 0 radical (unpaired) electrons. The number of hydrogen-bond acceptors (Lipinski definition) is 16. The molecule has 1 saturated heterocycles. The van der Waals surface area contributed by atoms with Crippen LogP contribution in [0.1, 0.15) is 12.8 Å². The number of aromatic hydroxyl groups is 5. The number of piperidine rings is 1. The lowest BCUT2D eigenvalue weighted by atomic mass is 9.94. The maximum absolute atomic E-state index is 14.8. The number of halogens is 2. The first-order chi connectivity index (χ1) is 18.9. The van der Waals surface area contributed by atoms with Crippen LogP contribution in [-0.2, 0) is 0 Å². The molecule has 224 valence electrons. The quantitative estimate of drug-likeness (QED) is 0.0865. The Labute approximate surface area is 235 Å². The number of benzene rings is 2. The number of aliphatic hydroxyl groups is 5. The number of nitrogens with zero attached hydrogens (tertiary/aromatic N) is 2. The zero-order chi connectivity index (χ0) is 30.6. The first-order valence-corrected chi connectivity index (χ1v) is 12.3. The molecule has 0 saturated carbocycles. The van der Waals surface area contributed by atoms with E-state index >= 15 is 0 Å². The van der Waals surface area contributed by atoms with Crippen LogP contribution in [0.5, 0.6) is 40.2 Å². The van der Waals surface area contributed by atoms with E-state index in [-0.39, 0.29) is 12.8 Å². The topological polar surface area (TPSA) is 282 Å². The van der Waals surface area contributed by atoms with Gasteiger partial charge in [0.15, 0.2) is 34.6 Å². The van der Waals surface area contributed by atoms with Gasteiger partial charge in [-0.25, -0.2) is 9.18 Å². The molecule has 0 bridgehead atoms. The number of H-pyrrole nitrogens is 1. The van der Waals surface area contributed by atoms with E-state index in [2.05, 4.69) is 31.0 Å². The minimum atomic E-state index is -4.06. The second kappa shape index (κ2) is 10.5. The molecule has 0 aliphatic carbocycles. The van der Waals surface area contributed by atoms with E-state index in [0.717, 1.165) is 0 Å². The fraction of sp³-hybridized carbons (Fsp3) is 0.364. The third kappa shape index (κ3) is 5.68. The van der Waals surface area contributed by atoms with Crippen LogP contribution in [-0.4, -0.2) is 98.2 Å². The SMILES string of the molecule is CN1CCC(C(O)(O)Oc2c(OC(O)(O)O)c(O)c3c(Nc4c(O)c(O)c(Br)c(O)c4F)nc(=O)[nH]c3c2O)CC1. The normalized spacial score (nSPS) is 15.3. The lowest BCUT2D eigenvalue weighted by molar-refractivity contribution is -0.420. The molecule has 0 atom stereocenters. The summed E-state index contributed by atoms with van der Waals surface area (Å²) in [5, 5.41) is 103. The predicted molar refractivity (Wildman–Crippen MR) is 136 cm³/mol. The maximum atomic E-state index is 14.8. The Morgan fingerprint density at radius 3 is 2.12 bits per heavy atom. The molecule has 0 spiro atoms. The van der Waals surface area contributed by atoms with Crippen molar-refractivity contribution in [3.05, 3.63) is 20.8 Å². The summed E-state index contributed by atoms with van der Waals surface area (Å²) < 4.78 is 23.8. The fourth-order valence-corrected chi connectivity index (χ4v) is 4.61. The maximum Gasteiger partial charge on any atom is 0.453 e. The summed E-state index contributed by atoms with van der Waals surface area (Å²) >= 11 is 2.66. The molecule has 19 heteroatoms. The van der Waals surface area contributed by atoms with E-state index in [1.807, 2.05) is 9.88 Å². The van der Waals surface area contributed by atoms with Crippen LogP contribution >= 0.6 is 15.9 Å². The van der Waals surface area contributed by atoms with Gasteiger partial charge < -0.3 is 75.7 Å². The van der Waals surface area contributed by atoms with Crippen molar-refractivity contribution in [3.8, 4) is 40.2 Å². The molecule has 1 fully saturated rings. The average Bonchev–Trinajstić information content (AvgIpc) is 2.88. The van der Waals surface area contributed by atoms with Gasteiger partial charge in [0, 0.05) is 0 Å². The number of phenolic OH excluding ortho intramolecular Hbond substituents is 5. The van der Waals surface area contributed by atoms with Crippen molar-refractivity contribution in [3.63, 3.8) is 0 Å². The van der Waals surface area contributed by atoms with Crippen LogP contribution in [0.25, 0.3) is 10.9 Å². The average molecular weight is 651 g/mol. The third-order valence-electron chi connectivity index (χ3n) is 6.33. The number of ether oxygens (including phenoxy) is 2. The van der Waals surface area contributed by atoms with Crippen molar-refractivity contribution < 1.29 is 64.9 Å². The van der Waals surface area contributed by atoms with Crippen LogP contribution in [0.3, 0.4) is 0 Å². The summed E-state index contributed by atoms with van der Waals surface area (Å²) in [6.45, 7) is 0.835. The van der Waals surface area contributed by atoms with Gasteiger partial charge in [-0.1, -0.05) is 0 Å². The van der Waals surface area contributed by atoms with Crippen LogP contribution in [0.4, 0.5) is 15.9 Å². The molecular weight excluding hydrogens is 627 g/mol. The monoisotopic (exact) mass is 650 g/mol. The van der Waals surface area contributed by atoms with Crippen molar-refractivity contribution in [1.29, 1.82) is 0 Å². The fourth-order valence-electron chi connectivity index (χ4n) is 4.24. The van der Waals surface area contributed by atoms with Crippen LogP contribution < -0.4 is 20.5 Å². The van der Waals surface area contributed by atoms with Gasteiger partial charge in [-0.15, -0.1) is 0 Å². The van der Waals surface area contributed by atoms with Crippen molar-refractivity contribution in [2.24, 2.45) is 5.92 Å². The Balaban J connectivity index is 1.94. The molecule has 4 rings (SSSR count). The van der Waals surface area contributed by atoms with Crippen LogP contribution in [0.15, 0.2) is 9.27 Å². The number of likely N-dealkylation sites (tertiary alicyclic amines) is 1.